The average Bonchev–Trinajstić information content (AvgIpc) is 2.15. The highest BCUT2D eigenvalue weighted by atomic mass is 28.4. The van der Waals surface area contributed by atoms with Gasteiger partial charge in [-0.2, -0.15) is 0 Å². The van der Waals surface area contributed by atoms with Gasteiger partial charge < -0.3 is 4.43 Å². The van der Waals surface area contributed by atoms with Gasteiger partial charge in [-0.15, -0.1) is 5.10 Å². The van der Waals surface area contributed by atoms with Gasteiger partial charge in [-0.3, -0.25) is 5.01 Å². The Balaban J connectivity index is 2.78. The van der Waals surface area contributed by atoms with E-state index in [2.05, 4.69) is 36.9 Å². The van der Waals surface area contributed by atoms with Gasteiger partial charge in [-0.1, -0.05) is 30.3 Å². The van der Waals surface area contributed by atoms with E-state index in [0.29, 0.717) is 0 Å². The predicted octanol–water partition coefficient (Wildman–Crippen LogP) is 2.96. The molecule has 4 heteroatoms. The molecule has 0 spiro atoms. The molecule has 0 aliphatic carbocycles. The molecule has 0 N–H and O–H groups in total. The van der Waals surface area contributed by atoms with Crippen LogP contribution in [0.5, 0.6) is 0 Å². The molecule has 0 aromatic heterocycles. The Morgan fingerprint density at radius 1 is 1.18 bits per heavy atom. The van der Waals surface area contributed by atoms with Crippen LogP contribution in [0.15, 0.2) is 35.4 Å². The Bertz CT molecular complexity index is 369. The van der Waals surface area contributed by atoms with E-state index in [4.69, 9.17) is 4.43 Å². The molecule has 0 unspecified atom stereocenters. The first-order chi connectivity index (χ1) is 7.87. The summed E-state index contributed by atoms with van der Waals surface area (Å²) in [6.07, 6.45) is 0.753. The summed E-state index contributed by atoms with van der Waals surface area (Å²) in [6.45, 7) is 6.51. The Morgan fingerprint density at radius 3 is 2.24 bits per heavy atom. The summed E-state index contributed by atoms with van der Waals surface area (Å²) in [5.41, 5.74) is 1.23. The van der Waals surface area contributed by atoms with E-state index < -0.39 is 8.32 Å². The van der Waals surface area contributed by atoms with Crippen molar-refractivity contribution in [3.8, 4) is 0 Å². The largest absolute Gasteiger partial charge is 0.533 e. The normalized spacial score (nSPS) is 12.4. The fourth-order valence-electron chi connectivity index (χ4n) is 1.44. The number of hydrogen-bond acceptors (Lipinski definition) is 3. The SMILES string of the molecule is CN(C)/N=C(\Cc1ccccc1)O[Si](C)(C)C. The number of benzene rings is 1. The zero-order valence-corrected chi connectivity index (χ0v) is 12.4. The minimum atomic E-state index is -1.60. The molecule has 0 fully saturated rings. The lowest BCUT2D eigenvalue weighted by molar-refractivity contribution is 0.408. The minimum absolute atomic E-state index is 0.753. The van der Waals surface area contributed by atoms with Crippen LogP contribution in [0.1, 0.15) is 5.56 Å². The Morgan fingerprint density at radius 2 is 1.76 bits per heavy atom. The van der Waals surface area contributed by atoms with Gasteiger partial charge in [0.05, 0.1) is 0 Å². The second-order valence-electron chi connectivity index (χ2n) is 5.22. The highest BCUT2D eigenvalue weighted by Gasteiger charge is 2.19. The molecule has 0 radical (unpaired) electrons. The smallest absolute Gasteiger partial charge is 0.243 e. The first kappa shape index (κ1) is 13.8. The molecule has 0 atom stereocenters. The van der Waals surface area contributed by atoms with E-state index in [0.717, 1.165) is 12.3 Å². The van der Waals surface area contributed by atoms with Crippen LogP contribution >= 0.6 is 0 Å². The van der Waals surface area contributed by atoms with Gasteiger partial charge in [-0.05, 0) is 25.2 Å². The fourth-order valence-corrected chi connectivity index (χ4v) is 2.26. The predicted molar refractivity (Wildman–Crippen MR) is 75.7 cm³/mol. The summed E-state index contributed by atoms with van der Waals surface area (Å²) < 4.78 is 6.00. The van der Waals surface area contributed by atoms with Crippen molar-refractivity contribution < 1.29 is 4.43 Å². The van der Waals surface area contributed by atoms with Crippen molar-refractivity contribution in [2.24, 2.45) is 5.10 Å². The summed E-state index contributed by atoms with van der Waals surface area (Å²) in [5.74, 6) is 0.806. The van der Waals surface area contributed by atoms with Crippen molar-refractivity contribution in [2.45, 2.75) is 26.1 Å². The first-order valence-electron chi connectivity index (χ1n) is 5.84. The minimum Gasteiger partial charge on any atom is -0.533 e. The van der Waals surface area contributed by atoms with Gasteiger partial charge in [0.1, 0.15) is 0 Å². The molecule has 1 aromatic carbocycles. The Kier molecular flexibility index (Phi) is 4.75. The van der Waals surface area contributed by atoms with Crippen molar-refractivity contribution in [1.82, 2.24) is 5.01 Å². The van der Waals surface area contributed by atoms with Crippen molar-refractivity contribution in [2.75, 3.05) is 14.1 Å². The highest BCUT2D eigenvalue weighted by Crippen LogP contribution is 2.09. The third-order valence-corrected chi connectivity index (χ3v) is 2.78. The summed E-state index contributed by atoms with van der Waals surface area (Å²) >= 11 is 0. The van der Waals surface area contributed by atoms with Crippen LogP contribution in [0.25, 0.3) is 0 Å². The maximum absolute atomic E-state index is 6.00. The van der Waals surface area contributed by atoms with Crippen LogP contribution in [-0.2, 0) is 10.8 Å². The molecule has 0 aliphatic rings. The Hall–Kier alpha value is -1.29. The summed E-state index contributed by atoms with van der Waals surface area (Å²) in [6, 6.07) is 10.3. The Labute approximate surface area is 105 Å². The molecule has 1 rings (SSSR count). The molecule has 0 bridgehead atoms. The van der Waals surface area contributed by atoms with Crippen molar-refractivity contribution in [1.29, 1.82) is 0 Å². The van der Waals surface area contributed by atoms with Gasteiger partial charge in [0, 0.05) is 20.5 Å². The van der Waals surface area contributed by atoms with Crippen LogP contribution in [0.3, 0.4) is 0 Å². The van der Waals surface area contributed by atoms with E-state index in [9.17, 15) is 0 Å². The third-order valence-electron chi connectivity index (χ3n) is 1.93. The highest BCUT2D eigenvalue weighted by molar-refractivity contribution is 6.71. The molecule has 17 heavy (non-hydrogen) atoms. The summed E-state index contributed by atoms with van der Waals surface area (Å²) in [5, 5.41) is 6.21. The zero-order chi connectivity index (χ0) is 12.9. The summed E-state index contributed by atoms with van der Waals surface area (Å²) in [7, 11) is 2.23. The van der Waals surface area contributed by atoms with Gasteiger partial charge in [-0.25, -0.2) is 0 Å². The molecule has 1 aromatic rings. The standard InChI is InChI=1S/C13H22N2OSi/c1-15(2)14-13(16-17(3,4)5)11-12-9-7-6-8-10-12/h6-10H,11H2,1-5H3/b14-13+. The van der Waals surface area contributed by atoms with Gasteiger partial charge >= 0.3 is 0 Å². The second kappa shape index (κ2) is 5.86. The number of rotatable bonds is 4. The molecule has 0 saturated carbocycles. The van der Waals surface area contributed by atoms with Crippen LogP contribution in [0.2, 0.25) is 19.6 Å². The molecule has 0 heterocycles. The van der Waals surface area contributed by atoms with E-state index in [1.54, 1.807) is 5.01 Å². The van der Waals surface area contributed by atoms with Crippen molar-refractivity contribution in [3.05, 3.63) is 35.9 Å². The molecule has 3 nitrogen and oxygen atoms in total. The molecule has 0 amide bonds. The lowest BCUT2D eigenvalue weighted by Gasteiger charge is -2.21. The van der Waals surface area contributed by atoms with Gasteiger partial charge in [0.25, 0.3) is 0 Å². The van der Waals surface area contributed by atoms with Gasteiger partial charge in [0.15, 0.2) is 5.90 Å². The lowest BCUT2D eigenvalue weighted by atomic mass is 10.1. The molecule has 0 aliphatic heterocycles. The van der Waals surface area contributed by atoms with Crippen LogP contribution in [0.4, 0.5) is 0 Å². The number of hydrogen-bond donors (Lipinski definition) is 0. The zero-order valence-electron chi connectivity index (χ0n) is 11.4. The number of hydrazone groups is 1. The van der Waals surface area contributed by atoms with Crippen LogP contribution in [-0.4, -0.2) is 33.3 Å². The van der Waals surface area contributed by atoms with Crippen molar-refractivity contribution in [3.63, 3.8) is 0 Å². The third kappa shape index (κ3) is 6.11. The first-order valence-corrected chi connectivity index (χ1v) is 9.25. The summed E-state index contributed by atoms with van der Waals surface area (Å²) in [4.78, 5) is 0. The quantitative estimate of drug-likeness (QED) is 0.355. The fraction of sp³-hybridized carbons (Fsp3) is 0.462. The second-order valence-corrected chi connectivity index (χ2v) is 9.65. The lowest BCUT2D eigenvalue weighted by Crippen LogP contribution is -2.31. The van der Waals surface area contributed by atoms with E-state index in [1.165, 1.54) is 5.56 Å². The maximum atomic E-state index is 6.00. The molecular weight excluding hydrogens is 228 g/mol. The maximum Gasteiger partial charge on any atom is 0.243 e. The average molecular weight is 250 g/mol. The number of nitrogens with zero attached hydrogens (tertiary/aromatic N) is 2. The molecule has 94 valence electrons. The van der Waals surface area contributed by atoms with Crippen molar-refractivity contribution >= 4 is 14.2 Å². The van der Waals surface area contributed by atoms with Crippen LogP contribution in [0, 0.1) is 0 Å². The van der Waals surface area contributed by atoms with Crippen LogP contribution < -0.4 is 0 Å². The topological polar surface area (TPSA) is 24.8 Å². The van der Waals surface area contributed by atoms with E-state index in [-0.39, 0.29) is 0 Å². The monoisotopic (exact) mass is 250 g/mol. The molecule has 0 saturated heterocycles. The van der Waals surface area contributed by atoms with E-state index in [1.807, 2.05) is 32.3 Å². The van der Waals surface area contributed by atoms with Gasteiger partial charge in [0.2, 0.25) is 8.32 Å². The van der Waals surface area contributed by atoms with E-state index >= 15 is 0 Å². The molecular formula is C13H22N2OSi.